The molecular formula is C48H27BN2O3. The lowest BCUT2D eigenvalue weighted by molar-refractivity contribution is 0.436. The van der Waals surface area contributed by atoms with Gasteiger partial charge in [-0.1, -0.05) is 109 Å². The first kappa shape index (κ1) is 28.4. The number of para-hydroxylation sites is 6. The fourth-order valence-electron chi connectivity index (χ4n) is 9.42. The maximum Gasteiger partial charge on any atom is 0.633 e. The Morgan fingerprint density at radius 1 is 0.407 bits per heavy atom. The minimum Gasteiger partial charge on any atom is -0.521 e. The summed E-state index contributed by atoms with van der Waals surface area (Å²) in [6.45, 7) is 0. The van der Waals surface area contributed by atoms with Gasteiger partial charge in [0.15, 0.2) is 0 Å². The Bertz CT molecular complexity index is 3340. The monoisotopic (exact) mass is 690 g/mol. The predicted octanol–water partition coefficient (Wildman–Crippen LogP) is 11.6. The fraction of sp³-hybridized carbons (Fsp3) is 0. The molecule has 2 aliphatic heterocycles. The molecule has 8 aromatic carbocycles. The summed E-state index contributed by atoms with van der Waals surface area (Å²) in [7, 11) is -0.545. The third-order valence-electron chi connectivity index (χ3n) is 11.5. The van der Waals surface area contributed by atoms with E-state index in [-0.39, 0.29) is 0 Å². The van der Waals surface area contributed by atoms with Crippen LogP contribution in [0.1, 0.15) is 0 Å². The van der Waals surface area contributed by atoms with Crippen LogP contribution in [0.3, 0.4) is 0 Å². The van der Waals surface area contributed by atoms with E-state index in [0.717, 1.165) is 105 Å². The van der Waals surface area contributed by atoms with Gasteiger partial charge in [-0.2, -0.15) is 0 Å². The molecule has 0 radical (unpaired) electrons. The van der Waals surface area contributed by atoms with Crippen molar-refractivity contribution in [2.45, 2.75) is 0 Å². The molecule has 3 aromatic heterocycles. The van der Waals surface area contributed by atoms with Crippen molar-refractivity contribution in [3.8, 4) is 45.1 Å². The van der Waals surface area contributed by atoms with E-state index in [1.165, 1.54) is 10.8 Å². The first-order valence-corrected chi connectivity index (χ1v) is 18.4. The van der Waals surface area contributed by atoms with Crippen molar-refractivity contribution in [2.75, 3.05) is 0 Å². The zero-order valence-corrected chi connectivity index (χ0v) is 28.8. The Labute approximate surface area is 308 Å². The lowest BCUT2D eigenvalue weighted by Gasteiger charge is -2.32. The van der Waals surface area contributed by atoms with E-state index in [2.05, 4.69) is 149 Å². The highest BCUT2D eigenvalue weighted by Crippen LogP contribution is 2.50. The van der Waals surface area contributed by atoms with E-state index in [1.54, 1.807) is 0 Å². The van der Waals surface area contributed by atoms with Gasteiger partial charge in [0.1, 0.15) is 22.7 Å². The molecule has 5 heterocycles. The van der Waals surface area contributed by atoms with Crippen molar-refractivity contribution in [2.24, 2.45) is 0 Å². The van der Waals surface area contributed by atoms with Gasteiger partial charge in [0, 0.05) is 54.9 Å². The van der Waals surface area contributed by atoms with Crippen molar-refractivity contribution >= 4 is 78.1 Å². The van der Waals surface area contributed by atoms with Crippen LogP contribution in [0.25, 0.3) is 99.2 Å². The molecule has 0 saturated carbocycles. The van der Waals surface area contributed by atoms with Crippen LogP contribution in [-0.2, 0) is 0 Å². The van der Waals surface area contributed by atoms with Gasteiger partial charge in [-0.15, -0.1) is 0 Å². The van der Waals surface area contributed by atoms with E-state index in [1.807, 2.05) is 24.3 Å². The lowest BCUT2D eigenvalue weighted by atomic mass is 9.66. The average Bonchev–Trinajstić information content (AvgIpc) is 3.89. The second-order valence-corrected chi connectivity index (χ2v) is 14.3. The molecule has 0 spiro atoms. The SMILES string of the molecule is c1ccc(-n2c3ccccc3c3c4oc5ccccc5c4c4c5ccccc5n(-c5cc6c7c(c5)-c5ccccc5OB7Oc5ccccc5-6)c4c32)cc1. The number of rotatable bonds is 2. The first-order valence-electron chi connectivity index (χ1n) is 18.4. The summed E-state index contributed by atoms with van der Waals surface area (Å²) in [5.41, 5.74) is 13.9. The molecule has 0 aliphatic carbocycles. The molecule has 0 unspecified atom stereocenters. The summed E-state index contributed by atoms with van der Waals surface area (Å²) in [6, 6.07) is 58.0. The normalized spacial score (nSPS) is 13.1. The molecule has 2 aliphatic rings. The molecule has 0 N–H and O–H groups in total. The first-order chi connectivity index (χ1) is 26.8. The van der Waals surface area contributed by atoms with Crippen molar-refractivity contribution in [3.05, 3.63) is 164 Å². The lowest BCUT2D eigenvalue weighted by Crippen LogP contribution is -2.49. The number of hydrogen-bond acceptors (Lipinski definition) is 3. The Morgan fingerprint density at radius 3 is 1.61 bits per heavy atom. The minimum absolute atomic E-state index is 0.545. The maximum atomic E-state index is 6.95. The van der Waals surface area contributed by atoms with E-state index in [4.69, 9.17) is 13.7 Å². The number of nitrogens with zero attached hydrogens (tertiary/aromatic N) is 2. The summed E-state index contributed by atoms with van der Waals surface area (Å²) in [6.07, 6.45) is 0. The molecule has 250 valence electrons. The van der Waals surface area contributed by atoms with Gasteiger partial charge in [0.05, 0.1) is 27.5 Å². The highest BCUT2D eigenvalue weighted by atomic mass is 16.6. The summed E-state index contributed by atoms with van der Waals surface area (Å²) in [5.74, 6) is 1.63. The summed E-state index contributed by atoms with van der Waals surface area (Å²) < 4.78 is 25.0. The van der Waals surface area contributed by atoms with Gasteiger partial charge in [-0.25, -0.2) is 0 Å². The van der Waals surface area contributed by atoms with E-state index >= 15 is 0 Å². The number of furan rings is 1. The third kappa shape index (κ3) is 3.55. The molecule has 6 heteroatoms. The average molecular weight is 691 g/mol. The fourth-order valence-corrected chi connectivity index (χ4v) is 9.42. The van der Waals surface area contributed by atoms with Gasteiger partial charge in [-0.05, 0) is 65.7 Å². The Hall–Kier alpha value is -7.18. The van der Waals surface area contributed by atoms with E-state index in [9.17, 15) is 0 Å². The molecule has 13 rings (SSSR count). The molecule has 0 atom stereocenters. The molecule has 11 aromatic rings. The number of aromatic nitrogens is 2. The van der Waals surface area contributed by atoms with Gasteiger partial charge in [0.25, 0.3) is 0 Å². The highest BCUT2D eigenvalue weighted by molar-refractivity contribution is 6.68. The van der Waals surface area contributed by atoms with Crippen LogP contribution >= 0.6 is 0 Å². The van der Waals surface area contributed by atoms with Crippen molar-refractivity contribution in [1.82, 2.24) is 9.13 Å². The van der Waals surface area contributed by atoms with Gasteiger partial charge < -0.3 is 22.9 Å². The number of hydrogen-bond donors (Lipinski definition) is 0. The summed E-state index contributed by atoms with van der Waals surface area (Å²) in [4.78, 5) is 0. The van der Waals surface area contributed by atoms with Crippen molar-refractivity contribution in [3.63, 3.8) is 0 Å². The zero-order valence-electron chi connectivity index (χ0n) is 28.8. The molecule has 0 bridgehead atoms. The van der Waals surface area contributed by atoms with Crippen molar-refractivity contribution < 1.29 is 13.7 Å². The summed E-state index contributed by atoms with van der Waals surface area (Å²) >= 11 is 0. The van der Waals surface area contributed by atoms with Crippen molar-refractivity contribution in [1.29, 1.82) is 0 Å². The third-order valence-corrected chi connectivity index (χ3v) is 11.5. The second-order valence-electron chi connectivity index (χ2n) is 14.3. The Balaban J connectivity index is 1.30. The highest BCUT2D eigenvalue weighted by Gasteiger charge is 2.42. The minimum atomic E-state index is -0.545. The van der Waals surface area contributed by atoms with Gasteiger partial charge in [0.2, 0.25) is 0 Å². The van der Waals surface area contributed by atoms with E-state index in [0.29, 0.717) is 0 Å². The van der Waals surface area contributed by atoms with Gasteiger partial charge in [-0.3, -0.25) is 0 Å². The largest absolute Gasteiger partial charge is 0.633 e. The molecule has 5 nitrogen and oxygen atoms in total. The van der Waals surface area contributed by atoms with Crippen LogP contribution < -0.4 is 14.8 Å². The molecule has 0 amide bonds. The Kier molecular flexibility index (Phi) is 5.39. The standard InChI is InChI=1S/C48H27BN2O3/c1-2-14-28(15-3-1)50-38-22-10-5-19-33(38)44-47(50)46-42(43-34-20-8-11-23-39(34)52-48(43)44)32-18-4-9-21-37(32)51(46)29-26-35-30-16-6-12-24-40(30)53-49-45(35)36(27-29)31-17-7-13-25-41(31)54-49/h1-27H. The van der Waals surface area contributed by atoms with Gasteiger partial charge >= 0.3 is 7.12 Å². The van der Waals surface area contributed by atoms with Crippen LogP contribution in [0, 0.1) is 0 Å². The van der Waals surface area contributed by atoms with Crippen LogP contribution in [0.5, 0.6) is 11.5 Å². The van der Waals surface area contributed by atoms with Crippen LogP contribution in [0.2, 0.25) is 0 Å². The molecule has 0 saturated heterocycles. The maximum absolute atomic E-state index is 6.95. The second kappa shape index (κ2) is 10.2. The number of benzene rings is 8. The van der Waals surface area contributed by atoms with Crippen LogP contribution in [0.15, 0.2) is 168 Å². The van der Waals surface area contributed by atoms with E-state index < -0.39 is 7.12 Å². The topological polar surface area (TPSA) is 41.5 Å². The van der Waals surface area contributed by atoms with Crippen LogP contribution in [-0.4, -0.2) is 16.3 Å². The molecule has 0 fully saturated rings. The molecular weight excluding hydrogens is 663 g/mol. The van der Waals surface area contributed by atoms with Crippen LogP contribution in [0.4, 0.5) is 0 Å². The quantitative estimate of drug-likeness (QED) is 0.170. The number of fused-ring (bicyclic) bond motifs is 16. The summed E-state index contributed by atoms with van der Waals surface area (Å²) in [5, 5.41) is 6.85. The molecule has 54 heavy (non-hydrogen) atoms. The zero-order chi connectivity index (χ0) is 35.1. The predicted molar refractivity (Wildman–Crippen MR) is 220 cm³/mol. The Morgan fingerprint density at radius 2 is 0.926 bits per heavy atom. The smallest absolute Gasteiger partial charge is 0.521 e.